The fourth-order valence-corrected chi connectivity index (χ4v) is 3.23. The molecule has 5 nitrogen and oxygen atoms in total. The Hall–Kier alpha value is -2.68. The quantitative estimate of drug-likeness (QED) is 0.821. The molecule has 1 amide bonds. The van der Waals surface area contributed by atoms with Crippen molar-refractivity contribution < 1.29 is 9.53 Å². The minimum absolute atomic E-state index is 0.0298. The van der Waals surface area contributed by atoms with Crippen LogP contribution in [0.3, 0.4) is 0 Å². The van der Waals surface area contributed by atoms with Gasteiger partial charge in [0.05, 0.1) is 30.9 Å². The zero-order valence-corrected chi connectivity index (χ0v) is 15.4. The first-order chi connectivity index (χ1) is 13.2. The van der Waals surface area contributed by atoms with Gasteiger partial charge in [0.15, 0.2) is 0 Å². The van der Waals surface area contributed by atoms with Crippen LogP contribution in [0.5, 0.6) is 0 Å². The molecule has 1 saturated heterocycles. The van der Waals surface area contributed by atoms with Gasteiger partial charge >= 0.3 is 0 Å². The first-order valence-corrected chi connectivity index (χ1v) is 9.38. The summed E-state index contributed by atoms with van der Waals surface area (Å²) >= 11 is 0. The Bertz CT molecular complexity index is 762. The van der Waals surface area contributed by atoms with E-state index in [1.807, 2.05) is 30.3 Å². The minimum Gasteiger partial charge on any atom is -0.379 e. The summed E-state index contributed by atoms with van der Waals surface area (Å²) in [5.41, 5.74) is 2.82. The highest BCUT2D eigenvalue weighted by molar-refractivity contribution is 5.76. The second kappa shape index (κ2) is 9.86. The molecule has 0 bridgehead atoms. The number of rotatable bonds is 7. The van der Waals surface area contributed by atoms with Crippen LogP contribution in [0.2, 0.25) is 0 Å². The number of hydrogen-bond acceptors (Lipinski definition) is 4. The number of ether oxygens (including phenoxy) is 1. The average Bonchev–Trinajstić information content (AvgIpc) is 2.73. The van der Waals surface area contributed by atoms with Gasteiger partial charge in [-0.2, -0.15) is 5.26 Å². The van der Waals surface area contributed by atoms with Gasteiger partial charge in [-0.3, -0.25) is 9.69 Å². The molecule has 0 aromatic heterocycles. The second-order valence-corrected chi connectivity index (χ2v) is 6.75. The molecule has 0 radical (unpaired) electrons. The maximum Gasteiger partial charge on any atom is 0.220 e. The summed E-state index contributed by atoms with van der Waals surface area (Å²) < 4.78 is 5.42. The van der Waals surface area contributed by atoms with Gasteiger partial charge in [0, 0.05) is 26.1 Å². The molecule has 5 heteroatoms. The number of nitriles is 1. The summed E-state index contributed by atoms with van der Waals surface area (Å²) in [6, 6.07) is 19.6. The summed E-state index contributed by atoms with van der Waals surface area (Å²) in [5, 5.41) is 12.1. The molecule has 2 aromatic rings. The van der Waals surface area contributed by atoms with Crippen molar-refractivity contribution in [3.63, 3.8) is 0 Å². The normalized spacial score (nSPS) is 15.7. The standard InChI is InChI=1S/C22H25N3O2/c23-16-19-8-6-18(7-9-19)10-11-22(26)24-21(20-4-2-1-3-5-20)17-25-12-14-27-15-13-25/h1-9,21H,10-15,17H2,(H,24,26). The Morgan fingerprint density at radius 1 is 1.11 bits per heavy atom. The van der Waals surface area contributed by atoms with E-state index in [0.717, 1.165) is 44.0 Å². The Labute approximate surface area is 160 Å². The van der Waals surface area contributed by atoms with Crippen LogP contribution in [0.25, 0.3) is 0 Å². The molecule has 3 rings (SSSR count). The predicted octanol–water partition coefficient (Wildman–Crippen LogP) is 2.68. The van der Waals surface area contributed by atoms with Gasteiger partial charge in [-0.15, -0.1) is 0 Å². The average molecular weight is 363 g/mol. The third-order valence-corrected chi connectivity index (χ3v) is 4.81. The van der Waals surface area contributed by atoms with E-state index in [9.17, 15) is 4.79 Å². The summed E-state index contributed by atoms with van der Waals surface area (Å²) in [7, 11) is 0. The topological polar surface area (TPSA) is 65.4 Å². The van der Waals surface area contributed by atoms with Crippen LogP contribution >= 0.6 is 0 Å². The Kier molecular flexibility index (Phi) is 6.97. The van der Waals surface area contributed by atoms with E-state index in [2.05, 4.69) is 28.4 Å². The zero-order chi connectivity index (χ0) is 18.9. The smallest absolute Gasteiger partial charge is 0.220 e. The van der Waals surface area contributed by atoms with E-state index >= 15 is 0 Å². The zero-order valence-electron chi connectivity index (χ0n) is 15.4. The van der Waals surface area contributed by atoms with Crippen LogP contribution in [0.15, 0.2) is 54.6 Å². The highest BCUT2D eigenvalue weighted by Crippen LogP contribution is 2.16. The van der Waals surface area contributed by atoms with E-state index in [0.29, 0.717) is 18.4 Å². The third-order valence-electron chi connectivity index (χ3n) is 4.81. The summed E-state index contributed by atoms with van der Waals surface area (Å²) in [6.45, 7) is 4.06. The molecule has 1 unspecified atom stereocenters. The maximum atomic E-state index is 12.6. The van der Waals surface area contributed by atoms with Gasteiger partial charge in [0.1, 0.15) is 0 Å². The van der Waals surface area contributed by atoms with Crippen molar-refractivity contribution in [2.75, 3.05) is 32.8 Å². The number of nitrogens with zero attached hydrogens (tertiary/aromatic N) is 2. The van der Waals surface area contributed by atoms with Crippen molar-refractivity contribution in [1.29, 1.82) is 5.26 Å². The molecule has 1 fully saturated rings. The van der Waals surface area contributed by atoms with Crippen LogP contribution in [-0.2, 0) is 16.0 Å². The van der Waals surface area contributed by atoms with E-state index in [1.165, 1.54) is 0 Å². The molecule has 1 aliphatic rings. The second-order valence-electron chi connectivity index (χ2n) is 6.75. The number of aryl methyl sites for hydroxylation is 1. The maximum absolute atomic E-state index is 12.6. The number of carbonyl (C=O) groups excluding carboxylic acids is 1. The van der Waals surface area contributed by atoms with Gasteiger partial charge in [-0.05, 0) is 29.7 Å². The molecule has 1 N–H and O–H groups in total. The molecule has 1 aliphatic heterocycles. The fourth-order valence-electron chi connectivity index (χ4n) is 3.23. The summed E-state index contributed by atoms with van der Waals surface area (Å²) in [5.74, 6) is 0.0430. The number of nitrogens with one attached hydrogen (secondary N) is 1. The van der Waals surface area contributed by atoms with Crippen molar-refractivity contribution in [2.45, 2.75) is 18.9 Å². The van der Waals surface area contributed by atoms with Crippen molar-refractivity contribution in [3.8, 4) is 6.07 Å². The van der Waals surface area contributed by atoms with Crippen molar-refractivity contribution in [1.82, 2.24) is 10.2 Å². The van der Waals surface area contributed by atoms with Gasteiger partial charge in [0.2, 0.25) is 5.91 Å². The first-order valence-electron chi connectivity index (χ1n) is 9.38. The third kappa shape index (κ3) is 5.92. The van der Waals surface area contributed by atoms with Gasteiger partial charge < -0.3 is 10.1 Å². The van der Waals surface area contributed by atoms with Gasteiger partial charge in [0.25, 0.3) is 0 Å². The predicted molar refractivity (Wildman–Crippen MR) is 104 cm³/mol. The molecule has 0 spiro atoms. The van der Waals surface area contributed by atoms with E-state index < -0.39 is 0 Å². The Morgan fingerprint density at radius 3 is 2.48 bits per heavy atom. The molecule has 1 heterocycles. The lowest BCUT2D eigenvalue weighted by Gasteiger charge is -2.31. The van der Waals surface area contributed by atoms with Crippen LogP contribution in [0.4, 0.5) is 0 Å². The van der Waals surface area contributed by atoms with E-state index in [4.69, 9.17) is 10.00 Å². The van der Waals surface area contributed by atoms with Crippen molar-refractivity contribution >= 4 is 5.91 Å². The summed E-state index contributed by atoms with van der Waals surface area (Å²) in [4.78, 5) is 14.9. The molecule has 140 valence electrons. The fraction of sp³-hybridized carbons (Fsp3) is 0.364. The molecular weight excluding hydrogens is 338 g/mol. The van der Waals surface area contributed by atoms with Crippen LogP contribution in [0.1, 0.15) is 29.2 Å². The molecule has 27 heavy (non-hydrogen) atoms. The lowest BCUT2D eigenvalue weighted by molar-refractivity contribution is -0.122. The monoisotopic (exact) mass is 363 g/mol. The molecule has 0 saturated carbocycles. The van der Waals surface area contributed by atoms with E-state index in [1.54, 1.807) is 12.1 Å². The number of amides is 1. The van der Waals surface area contributed by atoms with Crippen molar-refractivity contribution in [3.05, 3.63) is 71.3 Å². The highest BCUT2D eigenvalue weighted by atomic mass is 16.5. The largest absolute Gasteiger partial charge is 0.379 e. The molecule has 1 atom stereocenters. The minimum atomic E-state index is -0.0298. The van der Waals surface area contributed by atoms with Crippen LogP contribution in [-0.4, -0.2) is 43.7 Å². The van der Waals surface area contributed by atoms with Crippen LogP contribution < -0.4 is 5.32 Å². The lowest BCUT2D eigenvalue weighted by atomic mass is 10.0. The van der Waals surface area contributed by atoms with Gasteiger partial charge in [-0.25, -0.2) is 0 Å². The molecule has 0 aliphatic carbocycles. The van der Waals surface area contributed by atoms with Crippen molar-refractivity contribution in [2.24, 2.45) is 0 Å². The highest BCUT2D eigenvalue weighted by Gasteiger charge is 2.20. The number of benzene rings is 2. The number of hydrogen-bond donors (Lipinski definition) is 1. The van der Waals surface area contributed by atoms with Crippen LogP contribution in [0, 0.1) is 11.3 Å². The molecule has 2 aromatic carbocycles. The molecular formula is C22H25N3O2. The van der Waals surface area contributed by atoms with Gasteiger partial charge in [-0.1, -0.05) is 42.5 Å². The Morgan fingerprint density at radius 2 is 1.81 bits per heavy atom. The Balaban J connectivity index is 1.58. The van der Waals surface area contributed by atoms with E-state index in [-0.39, 0.29) is 11.9 Å². The first kappa shape index (κ1) is 19.1. The lowest BCUT2D eigenvalue weighted by Crippen LogP contribution is -2.43. The number of morpholine rings is 1. The number of carbonyl (C=O) groups is 1. The SMILES string of the molecule is N#Cc1ccc(CCC(=O)NC(CN2CCOCC2)c2ccccc2)cc1. The summed E-state index contributed by atoms with van der Waals surface area (Å²) in [6.07, 6.45) is 1.09.